The molecule has 17 heavy (non-hydrogen) atoms. The largest absolute Gasteiger partial charge is 0.388 e. The van der Waals surface area contributed by atoms with Crippen LogP contribution in [-0.4, -0.2) is 5.11 Å². The minimum atomic E-state index is -0.456. The lowest BCUT2D eigenvalue weighted by Gasteiger charge is -2.11. The van der Waals surface area contributed by atoms with Gasteiger partial charge in [0.2, 0.25) is 0 Å². The Bertz CT molecular complexity index is 484. The maximum Gasteiger partial charge on any atom is 0.0794 e. The maximum absolute atomic E-state index is 10.1. The fourth-order valence-electron chi connectivity index (χ4n) is 1.62. The van der Waals surface area contributed by atoms with Crippen molar-refractivity contribution in [2.45, 2.75) is 18.9 Å². The van der Waals surface area contributed by atoms with Gasteiger partial charge in [-0.3, -0.25) is 0 Å². The van der Waals surface area contributed by atoms with Crippen molar-refractivity contribution >= 4 is 38.9 Å². The molecule has 0 saturated carbocycles. The number of rotatable bonds is 4. The fourth-order valence-corrected chi connectivity index (χ4v) is 2.78. The lowest BCUT2D eigenvalue weighted by Crippen LogP contribution is -1.99. The summed E-state index contributed by atoms with van der Waals surface area (Å²) >= 11 is 11.1. The van der Waals surface area contributed by atoms with E-state index < -0.39 is 6.10 Å². The molecule has 1 heterocycles. The van der Waals surface area contributed by atoms with Crippen LogP contribution in [0.5, 0.6) is 0 Å². The molecule has 0 radical (unpaired) electrons. The molecule has 0 saturated heterocycles. The van der Waals surface area contributed by atoms with Crippen LogP contribution in [0, 0.1) is 0 Å². The zero-order valence-corrected chi connectivity index (χ0v) is 12.2. The molecule has 0 aliphatic heterocycles. The summed E-state index contributed by atoms with van der Waals surface area (Å²) in [6, 6.07) is 9.70. The van der Waals surface area contributed by atoms with Crippen molar-refractivity contribution in [3.63, 3.8) is 0 Å². The van der Waals surface area contributed by atoms with E-state index in [9.17, 15) is 5.11 Å². The average Bonchev–Trinajstić information content (AvgIpc) is 2.82. The zero-order valence-electron chi connectivity index (χ0n) is 9.07. The number of aliphatic hydroxyl groups excluding tert-OH is 1. The van der Waals surface area contributed by atoms with Crippen molar-refractivity contribution in [3.05, 3.63) is 55.6 Å². The van der Waals surface area contributed by atoms with Crippen LogP contribution in [0.25, 0.3) is 0 Å². The van der Waals surface area contributed by atoms with Crippen molar-refractivity contribution in [2.75, 3.05) is 0 Å². The molecule has 0 amide bonds. The first kappa shape index (κ1) is 13.1. The summed E-state index contributed by atoms with van der Waals surface area (Å²) < 4.78 is 0.855. The zero-order chi connectivity index (χ0) is 12.3. The minimum Gasteiger partial charge on any atom is -0.388 e. The van der Waals surface area contributed by atoms with Gasteiger partial charge in [0.1, 0.15) is 0 Å². The van der Waals surface area contributed by atoms with Crippen molar-refractivity contribution in [1.82, 2.24) is 0 Å². The molecule has 0 spiro atoms. The highest BCUT2D eigenvalue weighted by molar-refractivity contribution is 9.10. The van der Waals surface area contributed by atoms with Crippen molar-refractivity contribution < 1.29 is 5.11 Å². The van der Waals surface area contributed by atoms with Crippen LogP contribution in [0.1, 0.15) is 23.0 Å². The first-order valence-electron chi connectivity index (χ1n) is 5.32. The third-order valence-corrected chi connectivity index (χ3v) is 4.74. The predicted octanol–water partition coefficient (Wildman–Crippen LogP) is 4.83. The Morgan fingerprint density at radius 3 is 2.82 bits per heavy atom. The normalized spacial score (nSPS) is 12.6. The Labute approximate surface area is 118 Å². The molecule has 0 bridgehead atoms. The van der Waals surface area contributed by atoms with Gasteiger partial charge in [-0.15, -0.1) is 11.3 Å². The molecule has 4 heteroatoms. The van der Waals surface area contributed by atoms with Crippen LogP contribution in [0.4, 0.5) is 0 Å². The first-order valence-corrected chi connectivity index (χ1v) is 7.37. The average molecular weight is 332 g/mol. The van der Waals surface area contributed by atoms with Crippen LogP contribution >= 0.6 is 38.9 Å². The summed E-state index contributed by atoms with van der Waals surface area (Å²) in [6.45, 7) is 0. The Hall–Kier alpha value is -0.350. The SMILES string of the molecule is OC(CCc1cccs1)c1ccc(Br)c(Cl)c1. The van der Waals surface area contributed by atoms with Gasteiger partial charge in [0.25, 0.3) is 0 Å². The molecule has 0 aliphatic rings. The third-order valence-electron chi connectivity index (χ3n) is 2.57. The van der Waals surface area contributed by atoms with E-state index in [2.05, 4.69) is 27.4 Å². The van der Waals surface area contributed by atoms with Crippen LogP contribution < -0.4 is 0 Å². The number of thiophene rings is 1. The predicted molar refractivity (Wildman–Crippen MR) is 76.8 cm³/mol. The van der Waals surface area contributed by atoms with E-state index in [0.717, 1.165) is 22.9 Å². The Morgan fingerprint density at radius 1 is 1.35 bits per heavy atom. The number of aliphatic hydroxyl groups is 1. The van der Waals surface area contributed by atoms with E-state index in [0.29, 0.717) is 5.02 Å². The van der Waals surface area contributed by atoms with Gasteiger partial charge in [-0.2, -0.15) is 0 Å². The number of aryl methyl sites for hydroxylation is 1. The van der Waals surface area contributed by atoms with Crippen molar-refractivity contribution in [2.24, 2.45) is 0 Å². The van der Waals surface area contributed by atoms with E-state index >= 15 is 0 Å². The number of hydrogen-bond acceptors (Lipinski definition) is 2. The molecule has 1 atom stereocenters. The molecule has 1 unspecified atom stereocenters. The van der Waals surface area contributed by atoms with E-state index in [-0.39, 0.29) is 0 Å². The molecular weight excluding hydrogens is 320 g/mol. The maximum atomic E-state index is 10.1. The lowest BCUT2D eigenvalue weighted by molar-refractivity contribution is 0.168. The summed E-state index contributed by atoms with van der Waals surface area (Å²) in [5, 5.41) is 12.8. The van der Waals surface area contributed by atoms with E-state index in [1.165, 1.54) is 4.88 Å². The van der Waals surface area contributed by atoms with Crippen LogP contribution in [0.15, 0.2) is 40.2 Å². The fraction of sp³-hybridized carbons (Fsp3) is 0.231. The van der Waals surface area contributed by atoms with Gasteiger partial charge in [0, 0.05) is 9.35 Å². The second-order valence-electron chi connectivity index (χ2n) is 3.81. The van der Waals surface area contributed by atoms with Gasteiger partial charge in [-0.05, 0) is 57.9 Å². The smallest absolute Gasteiger partial charge is 0.0794 e. The molecule has 1 aromatic carbocycles. The number of hydrogen-bond donors (Lipinski definition) is 1. The third kappa shape index (κ3) is 3.55. The molecule has 1 N–H and O–H groups in total. The monoisotopic (exact) mass is 330 g/mol. The first-order chi connectivity index (χ1) is 8.16. The van der Waals surface area contributed by atoms with E-state index in [1.54, 1.807) is 11.3 Å². The van der Waals surface area contributed by atoms with Gasteiger partial charge in [-0.1, -0.05) is 23.7 Å². The standard InChI is InChI=1S/C13H12BrClOS/c14-11-5-3-9(8-12(11)15)13(16)6-4-10-2-1-7-17-10/h1-3,5,7-8,13,16H,4,6H2. The van der Waals surface area contributed by atoms with E-state index in [4.69, 9.17) is 11.6 Å². The molecule has 0 aliphatic carbocycles. The van der Waals surface area contributed by atoms with Gasteiger partial charge < -0.3 is 5.11 Å². The summed E-state index contributed by atoms with van der Waals surface area (Å²) in [5.74, 6) is 0. The summed E-state index contributed by atoms with van der Waals surface area (Å²) in [7, 11) is 0. The summed E-state index contributed by atoms with van der Waals surface area (Å²) in [5.41, 5.74) is 0.870. The van der Waals surface area contributed by atoms with Crippen molar-refractivity contribution in [3.8, 4) is 0 Å². The summed E-state index contributed by atoms with van der Waals surface area (Å²) in [6.07, 6.45) is 1.16. The van der Waals surface area contributed by atoms with Crippen LogP contribution in [0.2, 0.25) is 5.02 Å². The second-order valence-corrected chi connectivity index (χ2v) is 6.10. The molecular formula is C13H12BrClOS. The molecule has 2 aromatic rings. The quantitative estimate of drug-likeness (QED) is 0.850. The van der Waals surface area contributed by atoms with Crippen molar-refractivity contribution in [1.29, 1.82) is 0 Å². The molecule has 90 valence electrons. The number of benzene rings is 1. The van der Waals surface area contributed by atoms with Gasteiger partial charge >= 0.3 is 0 Å². The Morgan fingerprint density at radius 2 is 2.18 bits per heavy atom. The minimum absolute atomic E-state index is 0.456. The molecule has 0 fully saturated rings. The molecule has 1 nitrogen and oxygen atoms in total. The number of halogens is 2. The molecule has 1 aromatic heterocycles. The topological polar surface area (TPSA) is 20.2 Å². The van der Waals surface area contributed by atoms with Crippen LogP contribution in [0.3, 0.4) is 0 Å². The van der Waals surface area contributed by atoms with Gasteiger partial charge in [0.05, 0.1) is 11.1 Å². The lowest BCUT2D eigenvalue weighted by atomic mass is 10.0. The van der Waals surface area contributed by atoms with Crippen LogP contribution in [-0.2, 0) is 6.42 Å². The highest BCUT2D eigenvalue weighted by atomic mass is 79.9. The van der Waals surface area contributed by atoms with Gasteiger partial charge in [0.15, 0.2) is 0 Å². The van der Waals surface area contributed by atoms with E-state index in [1.807, 2.05) is 24.3 Å². The summed E-state index contributed by atoms with van der Waals surface area (Å²) in [4.78, 5) is 1.30. The Balaban J connectivity index is 1.99. The van der Waals surface area contributed by atoms with Gasteiger partial charge in [-0.25, -0.2) is 0 Å². The molecule has 2 rings (SSSR count). The highest BCUT2D eigenvalue weighted by Crippen LogP contribution is 2.28. The Kier molecular flexibility index (Phi) is 4.62. The highest BCUT2D eigenvalue weighted by Gasteiger charge is 2.09. The second kappa shape index (κ2) is 6.01.